The fourth-order valence-electron chi connectivity index (χ4n) is 4.39. The SMILES string of the molecule is CC(=O)/C(=C\c1ccccc1)C(=O)Nn1c(/C(=C/c2ccccc2Cl)NC(=O)c2ccccc2)nc2c(Br)cc(Br)cc2c1=O. The predicted octanol–water partition coefficient (Wildman–Crippen LogP) is 7.25. The van der Waals surface area contributed by atoms with Crippen LogP contribution >= 0.6 is 43.5 Å². The van der Waals surface area contributed by atoms with E-state index in [1.54, 1.807) is 97.1 Å². The summed E-state index contributed by atoms with van der Waals surface area (Å²) in [6, 6.07) is 27.5. The molecule has 0 saturated carbocycles. The normalized spacial score (nSPS) is 11.7. The Kier molecular flexibility index (Phi) is 9.87. The van der Waals surface area contributed by atoms with E-state index in [2.05, 4.69) is 42.6 Å². The molecule has 0 bridgehead atoms. The van der Waals surface area contributed by atoms with Crippen LogP contribution in [0.1, 0.15) is 34.2 Å². The molecule has 0 aliphatic heterocycles. The van der Waals surface area contributed by atoms with Gasteiger partial charge in [-0.2, -0.15) is 4.68 Å². The van der Waals surface area contributed by atoms with Crippen LogP contribution in [-0.4, -0.2) is 27.3 Å². The molecule has 5 aromatic rings. The lowest BCUT2D eigenvalue weighted by molar-refractivity contribution is -0.119. The number of fused-ring (bicyclic) bond motifs is 1. The Morgan fingerprint density at radius 2 is 1.51 bits per heavy atom. The summed E-state index contributed by atoms with van der Waals surface area (Å²) >= 11 is 13.4. The molecule has 2 N–H and O–H groups in total. The highest BCUT2D eigenvalue weighted by molar-refractivity contribution is 9.11. The largest absolute Gasteiger partial charge is 0.319 e. The first-order chi connectivity index (χ1) is 21.6. The van der Waals surface area contributed by atoms with Gasteiger partial charge in [-0.1, -0.05) is 94.3 Å². The minimum atomic E-state index is -0.851. The second-order valence-corrected chi connectivity index (χ2v) is 11.9. The van der Waals surface area contributed by atoms with E-state index >= 15 is 0 Å². The zero-order valence-corrected chi connectivity index (χ0v) is 27.5. The van der Waals surface area contributed by atoms with E-state index in [0.717, 1.165) is 4.68 Å². The van der Waals surface area contributed by atoms with Crippen molar-refractivity contribution < 1.29 is 14.4 Å². The highest BCUT2D eigenvalue weighted by Crippen LogP contribution is 2.28. The van der Waals surface area contributed by atoms with Gasteiger partial charge in [-0.25, -0.2) is 4.98 Å². The summed E-state index contributed by atoms with van der Waals surface area (Å²) < 4.78 is 1.99. The van der Waals surface area contributed by atoms with Gasteiger partial charge in [-0.05, 0) is 76.5 Å². The average Bonchev–Trinajstić information content (AvgIpc) is 3.02. The number of halogens is 3. The van der Waals surface area contributed by atoms with Gasteiger partial charge in [-0.15, -0.1) is 0 Å². The first kappa shape index (κ1) is 31.8. The van der Waals surface area contributed by atoms with Crippen LogP contribution in [-0.2, 0) is 9.59 Å². The fourth-order valence-corrected chi connectivity index (χ4v) is 5.90. The number of benzene rings is 4. The Bertz CT molecular complexity index is 2080. The molecule has 45 heavy (non-hydrogen) atoms. The van der Waals surface area contributed by atoms with Gasteiger partial charge in [0.15, 0.2) is 11.6 Å². The maximum absolute atomic E-state index is 14.1. The molecule has 5 rings (SSSR count). The van der Waals surface area contributed by atoms with Gasteiger partial charge in [0.05, 0.1) is 22.2 Å². The maximum Gasteiger partial charge on any atom is 0.280 e. The third-order valence-corrected chi connectivity index (χ3v) is 7.98. The lowest BCUT2D eigenvalue weighted by Crippen LogP contribution is -2.39. The van der Waals surface area contributed by atoms with Gasteiger partial charge in [0.1, 0.15) is 0 Å². The van der Waals surface area contributed by atoms with Crippen molar-refractivity contribution in [3.8, 4) is 0 Å². The lowest BCUT2D eigenvalue weighted by atomic mass is 10.1. The number of hydrogen-bond acceptors (Lipinski definition) is 5. The Morgan fingerprint density at radius 1 is 0.867 bits per heavy atom. The van der Waals surface area contributed by atoms with E-state index in [1.807, 2.05) is 6.07 Å². The van der Waals surface area contributed by atoms with Gasteiger partial charge in [-0.3, -0.25) is 24.6 Å². The van der Waals surface area contributed by atoms with Crippen LogP contribution in [0.25, 0.3) is 28.8 Å². The number of hydrogen-bond donors (Lipinski definition) is 2. The van der Waals surface area contributed by atoms with Gasteiger partial charge in [0.2, 0.25) is 0 Å². The van der Waals surface area contributed by atoms with Crippen LogP contribution in [0, 0.1) is 0 Å². The van der Waals surface area contributed by atoms with Crippen molar-refractivity contribution in [3.05, 3.63) is 149 Å². The van der Waals surface area contributed by atoms with Crippen molar-refractivity contribution in [2.75, 3.05) is 5.43 Å². The molecule has 1 aromatic heterocycles. The molecule has 1 heterocycles. The second kappa shape index (κ2) is 14.0. The van der Waals surface area contributed by atoms with Crippen molar-refractivity contribution in [3.63, 3.8) is 0 Å². The molecular weight excluding hydrogens is 724 g/mol. The molecule has 0 atom stereocenters. The quantitative estimate of drug-likeness (QED) is 0.0989. The minimum Gasteiger partial charge on any atom is -0.319 e. The topological polar surface area (TPSA) is 110 Å². The van der Waals surface area contributed by atoms with Gasteiger partial charge >= 0.3 is 0 Å². The average molecular weight is 747 g/mol. The number of rotatable bonds is 8. The van der Waals surface area contributed by atoms with Crippen LogP contribution in [0.15, 0.2) is 116 Å². The lowest BCUT2D eigenvalue weighted by Gasteiger charge is -2.18. The number of amides is 2. The molecule has 0 spiro atoms. The summed E-state index contributed by atoms with van der Waals surface area (Å²) in [5.41, 5.74) is 3.51. The molecule has 0 aliphatic carbocycles. The zero-order chi connectivity index (χ0) is 32.1. The predicted molar refractivity (Wildman–Crippen MR) is 184 cm³/mol. The van der Waals surface area contributed by atoms with Gasteiger partial charge in [0.25, 0.3) is 17.4 Å². The van der Waals surface area contributed by atoms with E-state index < -0.39 is 23.2 Å². The summed E-state index contributed by atoms with van der Waals surface area (Å²) in [5, 5.41) is 3.37. The third-order valence-electron chi connectivity index (χ3n) is 6.57. The van der Waals surface area contributed by atoms with E-state index in [9.17, 15) is 19.2 Å². The Morgan fingerprint density at radius 3 is 2.18 bits per heavy atom. The van der Waals surface area contributed by atoms with Crippen LogP contribution in [0.5, 0.6) is 0 Å². The summed E-state index contributed by atoms with van der Waals surface area (Å²) in [7, 11) is 0. The Hall–Kier alpha value is -4.64. The van der Waals surface area contributed by atoms with Crippen LogP contribution in [0.3, 0.4) is 0 Å². The van der Waals surface area contributed by atoms with E-state index in [4.69, 9.17) is 16.6 Å². The molecule has 0 saturated heterocycles. The van der Waals surface area contributed by atoms with E-state index in [-0.39, 0.29) is 28.0 Å². The van der Waals surface area contributed by atoms with E-state index in [1.165, 1.54) is 13.0 Å². The molecule has 224 valence electrons. The number of nitrogens with one attached hydrogen (secondary N) is 2. The zero-order valence-electron chi connectivity index (χ0n) is 23.6. The molecule has 0 radical (unpaired) electrons. The first-order valence-corrected chi connectivity index (χ1v) is 15.4. The standard InChI is InChI=1S/C34H23Br2ClN4O4/c1-20(42)25(16-21-10-4-2-5-11-21)33(44)40-41-31(39-30-26(34(41)45)18-24(35)19-27(30)36)29(17-23-14-8-9-15-28(23)37)38-32(43)22-12-6-3-7-13-22/h2-19H,1H3,(H,38,43)(H,40,44)/b25-16+,29-17-. The van der Waals surface area contributed by atoms with Crippen LogP contribution in [0.4, 0.5) is 0 Å². The number of carbonyl (C=O) groups excluding carboxylic acids is 3. The second-order valence-electron chi connectivity index (χ2n) is 9.73. The number of carbonyl (C=O) groups is 3. The molecule has 4 aromatic carbocycles. The Labute approximate surface area is 279 Å². The van der Waals surface area contributed by atoms with Crippen molar-refractivity contribution >= 4 is 89.8 Å². The monoisotopic (exact) mass is 744 g/mol. The molecule has 0 fully saturated rings. The van der Waals surface area contributed by atoms with Crippen molar-refractivity contribution in [1.29, 1.82) is 0 Å². The van der Waals surface area contributed by atoms with Crippen molar-refractivity contribution in [2.45, 2.75) is 6.92 Å². The van der Waals surface area contributed by atoms with Crippen LogP contribution in [0.2, 0.25) is 5.02 Å². The molecule has 2 amide bonds. The van der Waals surface area contributed by atoms with Crippen LogP contribution < -0.4 is 16.3 Å². The highest BCUT2D eigenvalue weighted by atomic mass is 79.9. The third kappa shape index (κ3) is 7.37. The number of Topliss-reactive ketones (excluding diaryl/α,β-unsaturated/α-hetero) is 1. The summed E-state index contributed by atoms with van der Waals surface area (Å²) in [4.78, 5) is 58.6. The molecule has 8 nitrogen and oxygen atoms in total. The first-order valence-electron chi connectivity index (χ1n) is 13.5. The fraction of sp³-hybridized carbons (Fsp3) is 0.0294. The molecule has 11 heteroatoms. The molecule has 0 aliphatic rings. The Balaban J connectivity index is 1.74. The summed E-state index contributed by atoms with van der Waals surface area (Å²) in [6.07, 6.45) is 2.99. The summed E-state index contributed by atoms with van der Waals surface area (Å²) in [5.74, 6) is -1.98. The van der Waals surface area contributed by atoms with Crippen molar-refractivity contribution in [1.82, 2.24) is 15.0 Å². The smallest absolute Gasteiger partial charge is 0.280 e. The molecule has 0 unspecified atom stereocenters. The van der Waals surface area contributed by atoms with Crippen molar-refractivity contribution in [2.24, 2.45) is 0 Å². The van der Waals surface area contributed by atoms with Gasteiger partial charge < -0.3 is 5.32 Å². The van der Waals surface area contributed by atoms with Gasteiger partial charge in [0, 0.05) is 19.5 Å². The van der Waals surface area contributed by atoms with E-state index in [0.29, 0.717) is 30.7 Å². The number of ketones is 1. The minimum absolute atomic E-state index is 0.0579. The summed E-state index contributed by atoms with van der Waals surface area (Å²) in [6.45, 7) is 1.26. The number of nitrogens with zero attached hydrogens (tertiary/aromatic N) is 2. The molecular formula is C34H23Br2ClN4O4. The highest BCUT2D eigenvalue weighted by Gasteiger charge is 2.23. The maximum atomic E-state index is 14.1. The number of aromatic nitrogens is 2.